The maximum Gasteiger partial charge on any atom is 0.106 e. The van der Waals surface area contributed by atoms with E-state index in [2.05, 4.69) is 23.0 Å². The first-order valence-corrected chi connectivity index (χ1v) is 4.79. The minimum atomic E-state index is 0.236. The molecule has 0 aliphatic heterocycles. The van der Waals surface area contributed by atoms with Crippen LogP contribution in [0.25, 0.3) is 0 Å². The predicted molar refractivity (Wildman–Crippen MR) is 53.4 cm³/mol. The summed E-state index contributed by atoms with van der Waals surface area (Å²) in [4.78, 5) is 4.53. The molecule has 0 radical (unpaired) electrons. The monoisotopic (exact) mass is 182 g/mol. The van der Waals surface area contributed by atoms with Gasteiger partial charge in [0.05, 0.1) is 6.07 Å². The molecule has 0 rings (SSSR count). The molecule has 0 saturated heterocycles. The molecule has 0 N–H and O–H groups in total. The molecule has 1 unspecified atom stereocenters. The molecular formula is C10H18N2O. The van der Waals surface area contributed by atoms with E-state index >= 15 is 0 Å². The Labute approximate surface area is 80.4 Å². The lowest BCUT2D eigenvalue weighted by atomic mass is 10.0. The normalized spacial score (nSPS) is 12.7. The fraction of sp³-hybridized carbons (Fsp3) is 0.800. The van der Waals surface area contributed by atoms with Crippen LogP contribution in [0.3, 0.4) is 0 Å². The van der Waals surface area contributed by atoms with Crippen LogP contribution in [0.1, 0.15) is 39.0 Å². The van der Waals surface area contributed by atoms with Gasteiger partial charge >= 0.3 is 0 Å². The van der Waals surface area contributed by atoms with Gasteiger partial charge < -0.3 is 4.84 Å². The van der Waals surface area contributed by atoms with Gasteiger partial charge in [0.15, 0.2) is 0 Å². The minimum absolute atomic E-state index is 0.236. The molecule has 3 nitrogen and oxygen atoms in total. The third-order valence-corrected chi connectivity index (χ3v) is 1.99. The first-order chi connectivity index (χ1) is 6.35. The lowest BCUT2D eigenvalue weighted by molar-refractivity contribution is 0.214. The van der Waals surface area contributed by atoms with E-state index in [4.69, 9.17) is 5.26 Å². The van der Waals surface area contributed by atoms with Crippen LogP contribution >= 0.6 is 0 Å². The van der Waals surface area contributed by atoms with Crippen LogP contribution < -0.4 is 0 Å². The Hall–Kier alpha value is -1.04. The summed E-state index contributed by atoms with van der Waals surface area (Å²) in [5.74, 6) is 0.236. The summed E-state index contributed by atoms with van der Waals surface area (Å²) in [6.45, 7) is 2.06. The van der Waals surface area contributed by atoms with Crippen molar-refractivity contribution in [1.82, 2.24) is 0 Å². The van der Waals surface area contributed by atoms with Gasteiger partial charge in [-0.05, 0) is 25.7 Å². The summed E-state index contributed by atoms with van der Waals surface area (Å²) in [7, 11) is 1.54. The third-order valence-electron chi connectivity index (χ3n) is 1.99. The van der Waals surface area contributed by atoms with Crippen molar-refractivity contribution >= 4 is 6.21 Å². The first kappa shape index (κ1) is 12.0. The topological polar surface area (TPSA) is 45.4 Å². The molecule has 74 valence electrons. The van der Waals surface area contributed by atoms with E-state index in [9.17, 15) is 0 Å². The van der Waals surface area contributed by atoms with E-state index in [1.165, 1.54) is 0 Å². The summed E-state index contributed by atoms with van der Waals surface area (Å²) in [5, 5.41) is 12.3. The second-order valence-corrected chi connectivity index (χ2v) is 2.99. The standard InChI is InChI=1S/C10H18N2O/c1-3-10(9-11)7-5-4-6-8-12-13-2/h8,10H,3-7H2,1-2H3. The zero-order chi connectivity index (χ0) is 9.94. The molecule has 3 heteroatoms. The van der Waals surface area contributed by atoms with Crippen molar-refractivity contribution in [2.45, 2.75) is 39.0 Å². The van der Waals surface area contributed by atoms with Crippen LogP contribution in [0.4, 0.5) is 0 Å². The van der Waals surface area contributed by atoms with Gasteiger partial charge in [0.25, 0.3) is 0 Å². The fourth-order valence-electron chi connectivity index (χ4n) is 1.11. The maximum atomic E-state index is 8.67. The molecule has 0 fully saturated rings. The summed E-state index contributed by atoms with van der Waals surface area (Å²) in [5.41, 5.74) is 0. The molecule has 0 aromatic heterocycles. The Kier molecular flexibility index (Phi) is 8.33. The Morgan fingerprint density at radius 3 is 2.85 bits per heavy atom. The highest BCUT2D eigenvalue weighted by molar-refractivity contribution is 5.55. The van der Waals surface area contributed by atoms with Crippen molar-refractivity contribution in [1.29, 1.82) is 5.26 Å². The lowest BCUT2D eigenvalue weighted by Gasteiger charge is -2.03. The van der Waals surface area contributed by atoms with Crippen molar-refractivity contribution in [3.63, 3.8) is 0 Å². The molecule has 0 heterocycles. The number of unbranched alkanes of at least 4 members (excludes halogenated alkanes) is 2. The van der Waals surface area contributed by atoms with Crippen LogP contribution in [0, 0.1) is 17.2 Å². The van der Waals surface area contributed by atoms with E-state index in [1.807, 2.05) is 0 Å². The van der Waals surface area contributed by atoms with Crippen molar-refractivity contribution in [3.05, 3.63) is 0 Å². The molecule has 0 spiro atoms. The molecule has 0 bridgehead atoms. The van der Waals surface area contributed by atoms with Crippen molar-refractivity contribution < 1.29 is 4.84 Å². The summed E-state index contributed by atoms with van der Waals surface area (Å²) < 4.78 is 0. The summed E-state index contributed by atoms with van der Waals surface area (Å²) in [6.07, 6.45) is 6.87. The van der Waals surface area contributed by atoms with E-state index in [0.717, 1.165) is 32.1 Å². The molecule has 0 saturated carbocycles. The Balaban J connectivity index is 3.25. The zero-order valence-corrected chi connectivity index (χ0v) is 8.49. The number of hydrogen-bond donors (Lipinski definition) is 0. The van der Waals surface area contributed by atoms with Crippen LogP contribution in [-0.4, -0.2) is 13.3 Å². The third kappa shape index (κ3) is 7.32. The zero-order valence-electron chi connectivity index (χ0n) is 8.49. The predicted octanol–water partition coefficient (Wildman–Crippen LogP) is 2.73. The summed E-state index contributed by atoms with van der Waals surface area (Å²) >= 11 is 0. The van der Waals surface area contributed by atoms with Crippen molar-refractivity contribution in [3.8, 4) is 6.07 Å². The van der Waals surface area contributed by atoms with Gasteiger partial charge in [-0.15, -0.1) is 0 Å². The SMILES string of the molecule is CCC(C#N)CCCCC=NOC. The minimum Gasteiger partial charge on any atom is -0.399 e. The van der Waals surface area contributed by atoms with Gasteiger partial charge in [-0.2, -0.15) is 5.26 Å². The largest absolute Gasteiger partial charge is 0.399 e. The molecular weight excluding hydrogens is 164 g/mol. The Morgan fingerprint density at radius 2 is 2.31 bits per heavy atom. The van der Waals surface area contributed by atoms with Crippen LogP contribution in [0.2, 0.25) is 0 Å². The molecule has 13 heavy (non-hydrogen) atoms. The molecule has 0 aliphatic rings. The van der Waals surface area contributed by atoms with E-state index < -0.39 is 0 Å². The Morgan fingerprint density at radius 1 is 1.54 bits per heavy atom. The lowest BCUT2D eigenvalue weighted by Crippen LogP contribution is -1.94. The fourth-order valence-corrected chi connectivity index (χ4v) is 1.11. The van der Waals surface area contributed by atoms with Gasteiger partial charge in [-0.3, -0.25) is 0 Å². The van der Waals surface area contributed by atoms with Gasteiger partial charge in [-0.25, -0.2) is 0 Å². The van der Waals surface area contributed by atoms with Gasteiger partial charge in [-0.1, -0.05) is 18.5 Å². The highest BCUT2D eigenvalue weighted by Crippen LogP contribution is 2.11. The number of hydrogen-bond acceptors (Lipinski definition) is 3. The maximum absolute atomic E-state index is 8.67. The second kappa shape index (κ2) is 9.05. The van der Waals surface area contributed by atoms with Crippen molar-refractivity contribution in [2.24, 2.45) is 11.1 Å². The van der Waals surface area contributed by atoms with E-state index in [-0.39, 0.29) is 5.92 Å². The number of nitrogens with zero attached hydrogens (tertiary/aromatic N) is 2. The van der Waals surface area contributed by atoms with Crippen LogP contribution in [0.5, 0.6) is 0 Å². The average molecular weight is 182 g/mol. The van der Waals surface area contributed by atoms with Crippen LogP contribution in [0.15, 0.2) is 5.16 Å². The number of nitriles is 1. The highest BCUT2D eigenvalue weighted by atomic mass is 16.6. The van der Waals surface area contributed by atoms with Gasteiger partial charge in [0, 0.05) is 12.1 Å². The first-order valence-electron chi connectivity index (χ1n) is 4.79. The molecule has 0 amide bonds. The molecule has 0 aromatic rings. The Bertz CT molecular complexity index is 172. The van der Waals surface area contributed by atoms with Crippen molar-refractivity contribution in [2.75, 3.05) is 7.11 Å². The second-order valence-electron chi connectivity index (χ2n) is 2.99. The number of rotatable bonds is 7. The van der Waals surface area contributed by atoms with E-state index in [1.54, 1.807) is 13.3 Å². The number of oxime groups is 1. The quantitative estimate of drug-likeness (QED) is 0.345. The molecule has 0 aliphatic carbocycles. The van der Waals surface area contributed by atoms with Gasteiger partial charge in [0.1, 0.15) is 7.11 Å². The smallest absolute Gasteiger partial charge is 0.106 e. The molecule has 1 atom stereocenters. The highest BCUT2D eigenvalue weighted by Gasteiger charge is 2.02. The van der Waals surface area contributed by atoms with E-state index in [0.29, 0.717) is 0 Å². The summed E-state index contributed by atoms with van der Waals surface area (Å²) in [6, 6.07) is 2.30. The van der Waals surface area contributed by atoms with Gasteiger partial charge in [0.2, 0.25) is 0 Å². The average Bonchev–Trinajstić information content (AvgIpc) is 2.17. The van der Waals surface area contributed by atoms with Crippen LogP contribution in [-0.2, 0) is 4.84 Å². The molecule has 0 aromatic carbocycles.